The van der Waals surface area contributed by atoms with Crippen LogP contribution in [0, 0.1) is 11.3 Å². The topological polar surface area (TPSA) is 38.9 Å². The Morgan fingerprint density at radius 3 is 2.32 bits per heavy atom. The predicted octanol–water partition coefficient (Wildman–Crippen LogP) is 4.66. The van der Waals surface area contributed by atoms with Crippen LogP contribution in [-0.2, 0) is 5.54 Å². The van der Waals surface area contributed by atoms with Crippen molar-refractivity contribution in [2.45, 2.75) is 71.8 Å². The highest BCUT2D eigenvalue weighted by Gasteiger charge is 2.39. The summed E-state index contributed by atoms with van der Waals surface area (Å²) in [6.07, 6.45) is 4.63. The molecule has 1 heterocycles. The average Bonchev–Trinajstić information content (AvgIpc) is 2.78. The van der Waals surface area contributed by atoms with Gasteiger partial charge in [0, 0.05) is 5.38 Å². The molecule has 0 atom stereocenters. The van der Waals surface area contributed by atoms with Gasteiger partial charge in [-0.05, 0) is 42.9 Å². The molecular formula is C16H28N2S. The highest BCUT2D eigenvalue weighted by Crippen LogP contribution is 2.45. The van der Waals surface area contributed by atoms with Gasteiger partial charge in [-0.2, -0.15) is 0 Å². The largest absolute Gasteiger partial charge is 0.319 e. The van der Waals surface area contributed by atoms with E-state index in [1.54, 1.807) is 11.3 Å². The van der Waals surface area contributed by atoms with E-state index in [0.29, 0.717) is 11.3 Å². The molecule has 0 spiro atoms. The molecule has 0 aromatic carbocycles. The third kappa shape index (κ3) is 3.19. The highest BCUT2D eigenvalue weighted by molar-refractivity contribution is 7.09. The molecule has 1 aliphatic rings. The molecule has 0 saturated heterocycles. The van der Waals surface area contributed by atoms with Crippen LogP contribution in [0.2, 0.25) is 0 Å². The summed E-state index contributed by atoms with van der Waals surface area (Å²) in [6, 6.07) is 0. The van der Waals surface area contributed by atoms with E-state index in [0.717, 1.165) is 23.8 Å². The Labute approximate surface area is 121 Å². The summed E-state index contributed by atoms with van der Waals surface area (Å²) in [4.78, 5) is 4.79. The minimum atomic E-state index is -0.167. The maximum atomic E-state index is 6.65. The van der Waals surface area contributed by atoms with E-state index in [9.17, 15) is 0 Å². The molecule has 0 bridgehead atoms. The number of thiazole rings is 1. The first-order chi connectivity index (χ1) is 8.72. The third-order valence-corrected chi connectivity index (χ3v) is 5.72. The normalized spacial score (nSPS) is 28.9. The fourth-order valence-corrected chi connectivity index (χ4v) is 4.15. The molecule has 1 aromatic heterocycles. The van der Waals surface area contributed by atoms with Crippen LogP contribution in [0.15, 0.2) is 5.38 Å². The summed E-state index contributed by atoms with van der Waals surface area (Å²) < 4.78 is 0. The molecule has 3 heteroatoms. The van der Waals surface area contributed by atoms with Crippen molar-refractivity contribution in [3.05, 3.63) is 16.1 Å². The summed E-state index contributed by atoms with van der Waals surface area (Å²) in [5.41, 5.74) is 8.09. The molecular weight excluding hydrogens is 252 g/mol. The van der Waals surface area contributed by atoms with Gasteiger partial charge in [0.05, 0.1) is 11.2 Å². The molecule has 1 saturated carbocycles. The first-order valence-corrected chi connectivity index (χ1v) is 8.35. The lowest BCUT2D eigenvalue weighted by molar-refractivity contribution is 0.133. The molecule has 0 radical (unpaired) electrons. The van der Waals surface area contributed by atoms with Crippen molar-refractivity contribution < 1.29 is 0 Å². The maximum absolute atomic E-state index is 6.65. The standard InChI is InChI=1S/C16H28N2S/c1-11(2)13-10-19-14(18-13)16(17)8-6-12(7-9-16)15(3,4)5/h10-12H,6-9,17H2,1-5H3. The number of hydrogen-bond donors (Lipinski definition) is 1. The lowest BCUT2D eigenvalue weighted by Crippen LogP contribution is -2.42. The van der Waals surface area contributed by atoms with Crippen molar-refractivity contribution in [3.8, 4) is 0 Å². The molecule has 2 N–H and O–H groups in total. The first kappa shape index (κ1) is 15.0. The van der Waals surface area contributed by atoms with Crippen molar-refractivity contribution in [1.29, 1.82) is 0 Å². The maximum Gasteiger partial charge on any atom is 0.113 e. The van der Waals surface area contributed by atoms with Gasteiger partial charge in [0.25, 0.3) is 0 Å². The second kappa shape index (κ2) is 5.17. The van der Waals surface area contributed by atoms with E-state index in [1.807, 2.05) is 0 Å². The molecule has 19 heavy (non-hydrogen) atoms. The van der Waals surface area contributed by atoms with Crippen LogP contribution in [0.3, 0.4) is 0 Å². The molecule has 1 fully saturated rings. The second-order valence-corrected chi connectivity index (χ2v) is 8.39. The summed E-state index contributed by atoms with van der Waals surface area (Å²) in [6.45, 7) is 11.4. The van der Waals surface area contributed by atoms with Gasteiger partial charge in [0.1, 0.15) is 5.01 Å². The van der Waals surface area contributed by atoms with E-state index in [-0.39, 0.29) is 5.54 Å². The molecule has 2 nitrogen and oxygen atoms in total. The molecule has 0 amide bonds. The highest BCUT2D eigenvalue weighted by atomic mass is 32.1. The van der Waals surface area contributed by atoms with Gasteiger partial charge in [-0.25, -0.2) is 4.98 Å². The van der Waals surface area contributed by atoms with Gasteiger partial charge in [-0.15, -0.1) is 11.3 Å². The summed E-state index contributed by atoms with van der Waals surface area (Å²) in [5.74, 6) is 1.30. The van der Waals surface area contributed by atoms with Gasteiger partial charge in [-0.3, -0.25) is 0 Å². The van der Waals surface area contributed by atoms with Crippen molar-refractivity contribution in [3.63, 3.8) is 0 Å². The smallest absolute Gasteiger partial charge is 0.113 e. The van der Waals surface area contributed by atoms with Crippen molar-refractivity contribution >= 4 is 11.3 Å². The van der Waals surface area contributed by atoms with Crippen molar-refractivity contribution in [2.75, 3.05) is 0 Å². The lowest BCUT2D eigenvalue weighted by Gasteiger charge is -2.41. The Balaban J connectivity index is 2.09. The van der Waals surface area contributed by atoms with E-state index in [2.05, 4.69) is 40.0 Å². The molecule has 1 aliphatic carbocycles. The fourth-order valence-electron chi connectivity index (χ4n) is 2.99. The van der Waals surface area contributed by atoms with E-state index in [1.165, 1.54) is 18.5 Å². The Morgan fingerprint density at radius 1 is 1.32 bits per heavy atom. The fraction of sp³-hybridized carbons (Fsp3) is 0.812. The Bertz CT molecular complexity index is 420. The molecule has 0 aliphatic heterocycles. The Kier molecular flexibility index (Phi) is 4.08. The van der Waals surface area contributed by atoms with E-state index < -0.39 is 0 Å². The average molecular weight is 280 g/mol. The van der Waals surface area contributed by atoms with Crippen LogP contribution in [-0.4, -0.2) is 4.98 Å². The number of rotatable bonds is 2. The van der Waals surface area contributed by atoms with Crippen LogP contribution in [0.4, 0.5) is 0 Å². The second-order valence-electron chi connectivity index (χ2n) is 7.53. The van der Waals surface area contributed by atoms with Gasteiger partial charge in [0.15, 0.2) is 0 Å². The van der Waals surface area contributed by atoms with Crippen LogP contribution in [0.5, 0.6) is 0 Å². The van der Waals surface area contributed by atoms with E-state index in [4.69, 9.17) is 10.7 Å². The number of aromatic nitrogens is 1. The number of nitrogens with zero attached hydrogens (tertiary/aromatic N) is 1. The van der Waals surface area contributed by atoms with E-state index >= 15 is 0 Å². The van der Waals surface area contributed by atoms with Crippen LogP contribution >= 0.6 is 11.3 Å². The number of nitrogens with two attached hydrogens (primary N) is 1. The predicted molar refractivity (Wildman–Crippen MR) is 83.5 cm³/mol. The zero-order valence-electron chi connectivity index (χ0n) is 13.0. The van der Waals surface area contributed by atoms with Crippen molar-refractivity contribution in [1.82, 2.24) is 4.98 Å². The summed E-state index contributed by atoms with van der Waals surface area (Å²) in [5, 5.41) is 3.34. The lowest BCUT2D eigenvalue weighted by atomic mass is 9.68. The molecule has 1 aromatic rings. The van der Waals surface area contributed by atoms with Gasteiger partial charge < -0.3 is 5.73 Å². The zero-order valence-corrected chi connectivity index (χ0v) is 13.8. The first-order valence-electron chi connectivity index (χ1n) is 7.47. The van der Waals surface area contributed by atoms with Gasteiger partial charge in [0.2, 0.25) is 0 Å². The summed E-state index contributed by atoms with van der Waals surface area (Å²) in [7, 11) is 0. The molecule has 0 unspecified atom stereocenters. The minimum Gasteiger partial charge on any atom is -0.319 e. The van der Waals surface area contributed by atoms with Crippen LogP contribution < -0.4 is 5.73 Å². The SMILES string of the molecule is CC(C)c1csc(C2(N)CCC(C(C)(C)C)CC2)n1. The Hall–Kier alpha value is -0.410. The number of hydrogen-bond acceptors (Lipinski definition) is 3. The minimum absolute atomic E-state index is 0.167. The third-order valence-electron chi connectivity index (χ3n) is 4.64. The van der Waals surface area contributed by atoms with Gasteiger partial charge in [-0.1, -0.05) is 34.6 Å². The van der Waals surface area contributed by atoms with Gasteiger partial charge >= 0.3 is 0 Å². The van der Waals surface area contributed by atoms with Crippen LogP contribution in [0.25, 0.3) is 0 Å². The van der Waals surface area contributed by atoms with Crippen molar-refractivity contribution in [2.24, 2.45) is 17.1 Å². The van der Waals surface area contributed by atoms with Crippen LogP contribution in [0.1, 0.15) is 76.9 Å². The molecule has 108 valence electrons. The summed E-state index contributed by atoms with van der Waals surface area (Å²) >= 11 is 1.76. The monoisotopic (exact) mass is 280 g/mol. The quantitative estimate of drug-likeness (QED) is 0.856. The zero-order chi connectivity index (χ0) is 14.3. The Morgan fingerprint density at radius 2 is 1.89 bits per heavy atom. The molecule has 2 rings (SSSR count).